The van der Waals surface area contributed by atoms with E-state index in [0.717, 1.165) is 18.2 Å². The molecule has 10 heteroatoms. The summed E-state index contributed by atoms with van der Waals surface area (Å²) in [4.78, 5) is 35.2. The highest BCUT2D eigenvalue weighted by atomic mass is 19.1. The second-order valence-corrected chi connectivity index (χ2v) is 3.16. The summed E-state index contributed by atoms with van der Waals surface area (Å²) in [6.07, 6.45) is 0. The van der Waals surface area contributed by atoms with Gasteiger partial charge in [-0.15, -0.1) is 0 Å². The first-order valence-electron chi connectivity index (χ1n) is 4.74. The van der Waals surface area contributed by atoms with E-state index in [9.17, 15) is 24.1 Å². The lowest BCUT2D eigenvalue weighted by Crippen LogP contribution is -2.31. The van der Waals surface area contributed by atoms with Crippen molar-refractivity contribution < 1.29 is 28.8 Å². The minimum atomic E-state index is -1.32. The average molecular weight is 273 g/mol. The number of carbonyl (C=O) groups is 2. The number of rotatable bonds is 5. The van der Waals surface area contributed by atoms with Crippen LogP contribution in [-0.4, -0.2) is 28.6 Å². The number of hydrogen-bond donors (Lipinski definition) is 3. The molecule has 0 unspecified atom stereocenters. The molecule has 9 nitrogen and oxygen atoms in total. The SMILES string of the molecule is O=C(O)CONC(=O)Nc1cc([N+](=O)[O-])ccc1F. The number of hydrogen-bond acceptors (Lipinski definition) is 5. The topological polar surface area (TPSA) is 131 Å². The predicted octanol–water partition coefficient (Wildman–Crippen LogP) is 0.872. The van der Waals surface area contributed by atoms with Gasteiger partial charge >= 0.3 is 12.0 Å². The summed E-state index contributed by atoms with van der Waals surface area (Å²) < 4.78 is 13.2. The van der Waals surface area contributed by atoms with Crippen LogP contribution in [0.15, 0.2) is 18.2 Å². The van der Waals surface area contributed by atoms with Crippen molar-refractivity contribution in [3.63, 3.8) is 0 Å². The van der Waals surface area contributed by atoms with Gasteiger partial charge < -0.3 is 10.4 Å². The smallest absolute Gasteiger partial charge is 0.343 e. The number of halogens is 1. The summed E-state index contributed by atoms with van der Waals surface area (Å²) in [5.74, 6) is -2.21. The van der Waals surface area contributed by atoms with Crippen LogP contribution in [0.25, 0.3) is 0 Å². The standard InChI is InChI=1S/C9H8FN3O6/c10-6-2-1-5(13(17)18)3-7(6)11-9(16)12-19-4-8(14)15/h1-3H,4H2,(H,14,15)(H2,11,12,16). The highest BCUT2D eigenvalue weighted by Crippen LogP contribution is 2.20. The molecule has 0 atom stereocenters. The molecule has 0 saturated carbocycles. The Labute approximate surface area is 105 Å². The van der Waals surface area contributed by atoms with Crippen molar-refractivity contribution in [1.82, 2.24) is 5.48 Å². The van der Waals surface area contributed by atoms with Crippen LogP contribution in [0, 0.1) is 15.9 Å². The number of nitrogens with zero attached hydrogens (tertiary/aromatic N) is 1. The Balaban J connectivity index is 2.65. The zero-order valence-electron chi connectivity index (χ0n) is 9.25. The van der Waals surface area contributed by atoms with Gasteiger partial charge in [-0.3, -0.25) is 15.0 Å². The van der Waals surface area contributed by atoms with E-state index in [4.69, 9.17) is 5.11 Å². The molecule has 0 saturated heterocycles. The maximum atomic E-state index is 13.2. The van der Waals surface area contributed by atoms with Gasteiger partial charge in [0.15, 0.2) is 6.61 Å². The van der Waals surface area contributed by atoms with Crippen LogP contribution in [0.2, 0.25) is 0 Å². The number of aliphatic carboxylic acids is 1. The average Bonchev–Trinajstić information content (AvgIpc) is 2.31. The Morgan fingerprint density at radius 2 is 2.16 bits per heavy atom. The molecule has 1 aromatic carbocycles. The van der Waals surface area contributed by atoms with E-state index in [1.54, 1.807) is 5.48 Å². The number of hydroxylamine groups is 1. The molecule has 0 fully saturated rings. The second-order valence-electron chi connectivity index (χ2n) is 3.16. The number of carboxylic acids is 1. The van der Waals surface area contributed by atoms with Gasteiger partial charge in [-0.25, -0.2) is 19.5 Å². The molecule has 2 amide bonds. The number of non-ortho nitro benzene ring substituents is 1. The number of amides is 2. The largest absolute Gasteiger partial charge is 0.479 e. The summed E-state index contributed by atoms with van der Waals surface area (Å²) in [6, 6.07) is 1.48. The fourth-order valence-electron chi connectivity index (χ4n) is 1.03. The van der Waals surface area contributed by atoms with Crippen LogP contribution in [0.5, 0.6) is 0 Å². The molecule has 19 heavy (non-hydrogen) atoms. The van der Waals surface area contributed by atoms with Gasteiger partial charge in [0.05, 0.1) is 10.6 Å². The summed E-state index contributed by atoms with van der Waals surface area (Å²) in [6.45, 7) is -0.787. The van der Waals surface area contributed by atoms with Crippen molar-refractivity contribution in [1.29, 1.82) is 0 Å². The van der Waals surface area contributed by atoms with E-state index in [1.807, 2.05) is 5.32 Å². The third-order valence-electron chi connectivity index (χ3n) is 1.77. The zero-order chi connectivity index (χ0) is 14.4. The lowest BCUT2D eigenvalue weighted by molar-refractivity contribution is -0.384. The Bertz CT molecular complexity index is 521. The molecule has 3 N–H and O–H groups in total. The Hall–Kier alpha value is -2.75. The molecule has 0 radical (unpaired) electrons. The van der Waals surface area contributed by atoms with Crippen molar-refractivity contribution >= 4 is 23.4 Å². The Morgan fingerprint density at radius 1 is 1.47 bits per heavy atom. The van der Waals surface area contributed by atoms with Crippen molar-refractivity contribution in [3.05, 3.63) is 34.1 Å². The van der Waals surface area contributed by atoms with Crippen LogP contribution in [-0.2, 0) is 9.63 Å². The number of benzene rings is 1. The van der Waals surface area contributed by atoms with Crippen molar-refractivity contribution in [2.24, 2.45) is 0 Å². The molecule has 0 bridgehead atoms. The van der Waals surface area contributed by atoms with E-state index in [1.165, 1.54) is 0 Å². The fraction of sp³-hybridized carbons (Fsp3) is 0.111. The van der Waals surface area contributed by atoms with Gasteiger partial charge in [0.2, 0.25) is 0 Å². The highest BCUT2D eigenvalue weighted by molar-refractivity contribution is 5.89. The maximum Gasteiger partial charge on any atom is 0.343 e. The Kier molecular flexibility index (Phi) is 4.71. The molecule has 0 aromatic heterocycles. The van der Waals surface area contributed by atoms with E-state index < -0.39 is 40.7 Å². The van der Waals surface area contributed by atoms with Crippen LogP contribution in [0.3, 0.4) is 0 Å². The van der Waals surface area contributed by atoms with Crippen LogP contribution in [0.4, 0.5) is 20.6 Å². The van der Waals surface area contributed by atoms with E-state index in [0.29, 0.717) is 0 Å². The van der Waals surface area contributed by atoms with Gasteiger partial charge in [-0.2, -0.15) is 0 Å². The summed E-state index contributed by atoms with van der Waals surface area (Å²) in [7, 11) is 0. The van der Waals surface area contributed by atoms with Crippen LogP contribution < -0.4 is 10.8 Å². The van der Waals surface area contributed by atoms with Gasteiger partial charge in [0.25, 0.3) is 5.69 Å². The van der Waals surface area contributed by atoms with Crippen molar-refractivity contribution in [2.75, 3.05) is 11.9 Å². The summed E-state index contributed by atoms with van der Waals surface area (Å²) in [5.41, 5.74) is 0.818. The van der Waals surface area contributed by atoms with E-state index >= 15 is 0 Å². The second kappa shape index (κ2) is 6.26. The first-order chi connectivity index (χ1) is 8.90. The van der Waals surface area contributed by atoms with Gasteiger partial charge in [-0.1, -0.05) is 0 Å². The molecule has 1 aromatic rings. The normalized spacial score (nSPS) is 9.74. The van der Waals surface area contributed by atoms with E-state index in [-0.39, 0.29) is 0 Å². The molecule has 102 valence electrons. The fourth-order valence-corrected chi connectivity index (χ4v) is 1.03. The molecule has 0 aliphatic heterocycles. The van der Waals surface area contributed by atoms with Crippen molar-refractivity contribution in [3.8, 4) is 0 Å². The number of nitrogens with one attached hydrogen (secondary N) is 2. The lowest BCUT2D eigenvalue weighted by Gasteiger charge is -2.07. The van der Waals surface area contributed by atoms with Crippen molar-refractivity contribution in [2.45, 2.75) is 0 Å². The number of nitro groups is 1. The number of anilines is 1. The minimum absolute atomic E-state index is 0.414. The summed E-state index contributed by atoms with van der Waals surface area (Å²) in [5, 5.41) is 20.6. The molecular formula is C9H8FN3O6. The minimum Gasteiger partial charge on any atom is -0.479 e. The lowest BCUT2D eigenvalue weighted by atomic mass is 10.2. The van der Waals surface area contributed by atoms with Gasteiger partial charge in [-0.05, 0) is 6.07 Å². The first-order valence-corrected chi connectivity index (χ1v) is 4.74. The quantitative estimate of drug-likeness (QED) is 0.539. The predicted molar refractivity (Wildman–Crippen MR) is 58.8 cm³/mol. The molecular weight excluding hydrogens is 265 g/mol. The first kappa shape index (κ1) is 14.3. The van der Waals surface area contributed by atoms with E-state index in [2.05, 4.69) is 4.84 Å². The van der Waals surface area contributed by atoms with Gasteiger partial charge in [0, 0.05) is 12.1 Å². The summed E-state index contributed by atoms with van der Waals surface area (Å²) >= 11 is 0. The molecule has 0 heterocycles. The third-order valence-corrected chi connectivity index (χ3v) is 1.77. The molecule has 0 aliphatic rings. The van der Waals surface area contributed by atoms with Crippen LogP contribution in [0.1, 0.15) is 0 Å². The monoisotopic (exact) mass is 273 g/mol. The number of carboxylic acid groups (broad SMARTS) is 1. The maximum absolute atomic E-state index is 13.2. The highest BCUT2D eigenvalue weighted by Gasteiger charge is 2.13. The zero-order valence-corrected chi connectivity index (χ0v) is 9.25. The number of nitro benzene ring substituents is 1. The van der Waals surface area contributed by atoms with Gasteiger partial charge in [0.1, 0.15) is 5.82 Å². The Morgan fingerprint density at radius 3 is 2.74 bits per heavy atom. The third kappa shape index (κ3) is 4.55. The van der Waals surface area contributed by atoms with Crippen LogP contribution >= 0.6 is 0 Å². The molecule has 0 spiro atoms. The molecule has 0 aliphatic carbocycles. The number of urea groups is 1. The number of carbonyl (C=O) groups excluding carboxylic acids is 1. The molecule has 1 rings (SSSR count).